The molecule has 0 fully saturated rings. The van der Waals surface area contributed by atoms with Crippen molar-refractivity contribution in [2.75, 3.05) is 21.3 Å². The number of hydrogen-bond acceptors (Lipinski definition) is 6. The molecule has 3 unspecified atom stereocenters. The summed E-state index contributed by atoms with van der Waals surface area (Å²) >= 11 is 0. The van der Waals surface area contributed by atoms with E-state index in [9.17, 15) is 15.3 Å². The van der Waals surface area contributed by atoms with Crippen molar-refractivity contribution in [3.63, 3.8) is 0 Å². The quantitative estimate of drug-likeness (QED) is 0.536. The molecule has 0 saturated carbocycles. The molecule has 6 nitrogen and oxygen atoms in total. The van der Waals surface area contributed by atoms with Gasteiger partial charge in [-0.3, -0.25) is 0 Å². The van der Waals surface area contributed by atoms with Crippen LogP contribution < -0.4 is 15.3 Å². The van der Waals surface area contributed by atoms with Crippen molar-refractivity contribution in [2.45, 2.75) is 58.9 Å². The predicted molar refractivity (Wildman–Crippen MR) is 63.3 cm³/mol. The first kappa shape index (κ1) is 28.2. The Hall–Kier alpha value is 0.955. The van der Waals surface area contributed by atoms with Gasteiger partial charge in [0, 0.05) is 21.3 Å². The molecule has 0 spiro atoms. The minimum atomic E-state index is -0.815. The van der Waals surface area contributed by atoms with Crippen LogP contribution in [0, 0.1) is 35.6 Å². The summed E-state index contributed by atoms with van der Waals surface area (Å²) in [6.07, 6.45) is -0.788. The molecule has 19 heavy (non-hydrogen) atoms. The SMILES string of the molecule is CCC([O-])OC.CCC([O-])OC.CCC([O-])OC.[La+3]. The molecule has 0 bridgehead atoms. The fourth-order valence-corrected chi connectivity index (χ4v) is 0.500. The van der Waals surface area contributed by atoms with Crippen LogP contribution in [0.15, 0.2) is 0 Å². The monoisotopic (exact) mass is 406 g/mol. The summed E-state index contributed by atoms with van der Waals surface area (Å²) in [6.45, 7) is 5.38. The molecule has 114 valence electrons. The second-order valence-corrected chi connectivity index (χ2v) is 3.22. The molecule has 0 N–H and O–H groups in total. The zero-order chi connectivity index (χ0) is 15.0. The topological polar surface area (TPSA) is 96.9 Å². The van der Waals surface area contributed by atoms with Crippen LogP contribution in [-0.2, 0) is 14.2 Å². The van der Waals surface area contributed by atoms with Crippen LogP contribution in [0.25, 0.3) is 0 Å². The van der Waals surface area contributed by atoms with Gasteiger partial charge in [0.05, 0.1) is 0 Å². The summed E-state index contributed by atoms with van der Waals surface area (Å²) in [5.41, 5.74) is 0. The van der Waals surface area contributed by atoms with Crippen LogP contribution in [-0.4, -0.2) is 40.2 Å². The van der Waals surface area contributed by atoms with Gasteiger partial charge in [0.25, 0.3) is 0 Å². The Morgan fingerprint density at radius 3 is 0.789 bits per heavy atom. The van der Waals surface area contributed by atoms with Crippen LogP contribution in [0.5, 0.6) is 0 Å². The minimum absolute atomic E-state index is 0. The summed E-state index contributed by atoms with van der Waals surface area (Å²) in [6, 6.07) is 0. The molecular formula is C12H27LaO6. The van der Waals surface area contributed by atoms with E-state index in [-0.39, 0.29) is 35.6 Å². The van der Waals surface area contributed by atoms with Crippen molar-refractivity contribution in [1.29, 1.82) is 0 Å². The van der Waals surface area contributed by atoms with E-state index < -0.39 is 18.9 Å². The van der Waals surface area contributed by atoms with Crippen molar-refractivity contribution in [3.8, 4) is 0 Å². The van der Waals surface area contributed by atoms with E-state index in [1.165, 1.54) is 21.3 Å². The Morgan fingerprint density at radius 1 is 0.632 bits per heavy atom. The summed E-state index contributed by atoms with van der Waals surface area (Å²) in [5.74, 6) is 0. The summed E-state index contributed by atoms with van der Waals surface area (Å²) < 4.78 is 13.0. The van der Waals surface area contributed by atoms with Gasteiger partial charge >= 0.3 is 35.6 Å². The molecule has 0 saturated heterocycles. The van der Waals surface area contributed by atoms with Crippen molar-refractivity contribution < 1.29 is 65.1 Å². The van der Waals surface area contributed by atoms with E-state index in [4.69, 9.17) is 0 Å². The maximum absolute atomic E-state index is 10.0. The summed E-state index contributed by atoms with van der Waals surface area (Å²) in [4.78, 5) is 0. The van der Waals surface area contributed by atoms with E-state index in [0.29, 0.717) is 19.3 Å². The Labute approximate surface area is 145 Å². The maximum atomic E-state index is 10.0. The summed E-state index contributed by atoms with van der Waals surface area (Å²) in [5, 5.41) is 30.1. The molecule has 0 aliphatic rings. The molecule has 0 aromatic carbocycles. The molecule has 0 amide bonds. The third-order valence-electron chi connectivity index (χ3n) is 1.79. The van der Waals surface area contributed by atoms with Crippen LogP contribution >= 0.6 is 0 Å². The van der Waals surface area contributed by atoms with E-state index in [1.54, 1.807) is 20.8 Å². The molecule has 0 aromatic heterocycles. The second kappa shape index (κ2) is 24.0. The van der Waals surface area contributed by atoms with Gasteiger partial charge in [0.1, 0.15) is 0 Å². The average Bonchev–Trinajstić information content (AvgIpc) is 2.45. The zero-order valence-electron chi connectivity index (χ0n) is 12.9. The Balaban J connectivity index is -0.0000000865. The fraction of sp³-hybridized carbons (Fsp3) is 1.00. The Bertz CT molecular complexity index is 104. The first-order valence-corrected chi connectivity index (χ1v) is 5.99. The molecule has 3 atom stereocenters. The van der Waals surface area contributed by atoms with Gasteiger partial charge in [0.2, 0.25) is 0 Å². The van der Waals surface area contributed by atoms with Crippen molar-refractivity contribution in [2.24, 2.45) is 0 Å². The molecular weight excluding hydrogens is 379 g/mol. The summed E-state index contributed by atoms with van der Waals surface area (Å²) in [7, 11) is 4.25. The fourth-order valence-electron chi connectivity index (χ4n) is 0.500. The van der Waals surface area contributed by atoms with E-state index in [0.717, 1.165) is 0 Å². The third kappa shape index (κ3) is 32.5. The van der Waals surface area contributed by atoms with Gasteiger partial charge in [-0.2, -0.15) is 0 Å². The van der Waals surface area contributed by atoms with Crippen LogP contribution in [0.1, 0.15) is 40.0 Å². The van der Waals surface area contributed by atoms with Gasteiger partial charge in [-0.25, -0.2) is 0 Å². The van der Waals surface area contributed by atoms with Crippen LogP contribution in [0.4, 0.5) is 0 Å². The van der Waals surface area contributed by atoms with Gasteiger partial charge in [-0.15, -0.1) is 0 Å². The van der Waals surface area contributed by atoms with Crippen LogP contribution in [0.3, 0.4) is 0 Å². The first-order chi connectivity index (χ1) is 8.42. The number of hydrogen-bond donors (Lipinski definition) is 0. The van der Waals surface area contributed by atoms with Crippen molar-refractivity contribution >= 4 is 0 Å². The molecule has 0 radical (unpaired) electrons. The van der Waals surface area contributed by atoms with Gasteiger partial charge in [-0.05, 0) is 38.1 Å². The predicted octanol–water partition coefficient (Wildman–Crippen LogP) is -0.812. The number of methoxy groups -OCH3 is 3. The van der Waals surface area contributed by atoms with E-state index in [1.807, 2.05) is 0 Å². The van der Waals surface area contributed by atoms with Gasteiger partial charge in [0.15, 0.2) is 0 Å². The van der Waals surface area contributed by atoms with Gasteiger partial charge in [-0.1, -0.05) is 20.8 Å². The standard InChI is InChI=1S/3C4H9O2.La/c3*1-3-4(5)6-2;/h3*4H,3H2,1-2H3;/q3*-1;+3. The van der Waals surface area contributed by atoms with Crippen LogP contribution in [0.2, 0.25) is 0 Å². The Kier molecular flexibility index (Phi) is 35.6. The normalized spacial score (nSPS) is 13.7. The van der Waals surface area contributed by atoms with Gasteiger partial charge < -0.3 is 29.5 Å². The third-order valence-corrected chi connectivity index (χ3v) is 1.79. The number of rotatable bonds is 6. The smallest absolute Gasteiger partial charge is 0.831 e. The zero-order valence-corrected chi connectivity index (χ0v) is 16.5. The largest absolute Gasteiger partial charge is 3.00 e. The molecule has 7 heteroatoms. The van der Waals surface area contributed by atoms with Crippen molar-refractivity contribution in [3.05, 3.63) is 0 Å². The maximum Gasteiger partial charge on any atom is 3.00 e. The number of ether oxygens (including phenoxy) is 3. The second-order valence-electron chi connectivity index (χ2n) is 3.22. The first-order valence-electron chi connectivity index (χ1n) is 5.99. The van der Waals surface area contributed by atoms with E-state index >= 15 is 0 Å². The molecule has 0 aliphatic heterocycles. The molecule has 0 aromatic rings. The van der Waals surface area contributed by atoms with Crippen molar-refractivity contribution in [1.82, 2.24) is 0 Å². The molecule has 0 heterocycles. The average molecular weight is 406 g/mol. The molecule has 0 aliphatic carbocycles. The Morgan fingerprint density at radius 2 is 0.789 bits per heavy atom. The minimum Gasteiger partial charge on any atom is -0.831 e. The molecule has 0 rings (SSSR count). The van der Waals surface area contributed by atoms with E-state index in [2.05, 4.69) is 14.2 Å².